The van der Waals surface area contributed by atoms with Crippen molar-refractivity contribution in [1.29, 1.82) is 0 Å². The molecule has 33 heavy (non-hydrogen) atoms. The topological polar surface area (TPSA) is 77.6 Å². The second-order valence-corrected chi connectivity index (χ2v) is 8.23. The number of alkyl halides is 2. The number of anilines is 1. The van der Waals surface area contributed by atoms with Gasteiger partial charge in [-0.2, -0.15) is 10.2 Å². The zero-order chi connectivity index (χ0) is 23.1. The highest BCUT2D eigenvalue weighted by molar-refractivity contribution is 5.91. The van der Waals surface area contributed by atoms with Gasteiger partial charge in [0.25, 0.3) is 6.43 Å². The molecule has 1 saturated carbocycles. The van der Waals surface area contributed by atoms with Gasteiger partial charge in [-0.05, 0) is 43.5 Å². The number of benzene rings is 1. The highest BCUT2D eigenvalue weighted by Crippen LogP contribution is 2.41. The lowest BCUT2D eigenvalue weighted by atomic mass is 10.1. The fourth-order valence-corrected chi connectivity index (χ4v) is 3.89. The van der Waals surface area contributed by atoms with E-state index >= 15 is 0 Å². The molecule has 3 aromatic heterocycles. The van der Waals surface area contributed by atoms with Gasteiger partial charge in [-0.15, -0.1) is 0 Å². The molecule has 170 valence electrons. The minimum atomic E-state index is -2.65. The van der Waals surface area contributed by atoms with Crippen LogP contribution in [0.5, 0.6) is 0 Å². The predicted molar refractivity (Wildman–Crippen MR) is 116 cm³/mol. The van der Waals surface area contributed by atoms with E-state index < -0.39 is 12.3 Å². The van der Waals surface area contributed by atoms with E-state index in [0.717, 1.165) is 18.4 Å². The molecule has 7 nitrogen and oxygen atoms in total. The third-order valence-corrected chi connectivity index (χ3v) is 5.62. The second kappa shape index (κ2) is 8.34. The molecule has 1 aliphatic rings. The van der Waals surface area contributed by atoms with Gasteiger partial charge < -0.3 is 5.32 Å². The summed E-state index contributed by atoms with van der Waals surface area (Å²) in [7, 11) is 0. The van der Waals surface area contributed by atoms with Crippen LogP contribution in [0.2, 0.25) is 0 Å². The first-order valence-electron chi connectivity index (χ1n) is 10.6. The van der Waals surface area contributed by atoms with Crippen molar-refractivity contribution < 1.29 is 18.0 Å². The van der Waals surface area contributed by atoms with Crippen molar-refractivity contribution in [3.8, 4) is 0 Å². The number of carbonyl (C=O) groups excluding carboxylic acids is 1. The molecule has 0 aliphatic heterocycles. The summed E-state index contributed by atoms with van der Waals surface area (Å²) >= 11 is 0. The van der Waals surface area contributed by atoms with Crippen LogP contribution in [0.3, 0.4) is 0 Å². The Morgan fingerprint density at radius 1 is 1.18 bits per heavy atom. The molecule has 1 aromatic carbocycles. The van der Waals surface area contributed by atoms with Crippen molar-refractivity contribution in [2.75, 3.05) is 5.32 Å². The van der Waals surface area contributed by atoms with Crippen LogP contribution < -0.4 is 5.32 Å². The molecule has 5 rings (SSSR count). The number of amides is 1. The Balaban J connectivity index is 1.33. The molecule has 0 spiro atoms. The number of hydrogen-bond acceptors (Lipinski definition) is 4. The van der Waals surface area contributed by atoms with Crippen molar-refractivity contribution in [3.05, 3.63) is 70.9 Å². The molecule has 0 saturated heterocycles. The van der Waals surface area contributed by atoms with Gasteiger partial charge in [0.1, 0.15) is 12.4 Å². The molecular weight excluding hydrogens is 433 g/mol. The fraction of sp³-hybridized carbons (Fsp3) is 0.304. The first-order chi connectivity index (χ1) is 15.9. The molecule has 10 heteroatoms. The van der Waals surface area contributed by atoms with Crippen molar-refractivity contribution >= 4 is 22.8 Å². The molecule has 1 amide bonds. The third-order valence-electron chi connectivity index (χ3n) is 5.62. The number of rotatable bonds is 7. The largest absolute Gasteiger partial charge is 0.308 e. The van der Waals surface area contributed by atoms with Gasteiger partial charge in [0, 0.05) is 29.4 Å². The maximum atomic E-state index is 13.7. The predicted octanol–water partition coefficient (Wildman–Crippen LogP) is 4.58. The minimum Gasteiger partial charge on any atom is -0.308 e. The summed E-state index contributed by atoms with van der Waals surface area (Å²) in [6.07, 6.45) is 0.901. The van der Waals surface area contributed by atoms with Crippen LogP contribution in [-0.4, -0.2) is 30.5 Å². The maximum absolute atomic E-state index is 13.7. The average Bonchev–Trinajstić information content (AvgIpc) is 3.47. The zero-order valence-electron chi connectivity index (χ0n) is 17.8. The summed E-state index contributed by atoms with van der Waals surface area (Å²) in [5.41, 5.74) is 2.10. The molecular formula is C23H21F3N6O. The molecule has 1 aliphatic carbocycles. The Morgan fingerprint density at radius 2 is 1.94 bits per heavy atom. The Bertz CT molecular complexity index is 1320. The van der Waals surface area contributed by atoms with E-state index in [1.807, 2.05) is 0 Å². The average molecular weight is 454 g/mol. The summed E-state index contributed by atoms with van der Waals surface area (Å²) in [5, 5.41) is 11.6. The van der Waals surface area contributed by atoms with Gasteiger partial charge in [-0.25, -0.2) is 22.8 Å². The highest BCUT2D eigenvalue weighted by atomic mass is 19.3. The number of aryl methyl sites for hydroxylation is 1. The molecule has 0 unspecified atom stereocenters. The van der Waals surface area contributed by atoms with Crippen molar-refractivity contribution in [3.63, 3.8) is 0 Å². The Morgan fingerprint density at radius 3 is 2.64 bits per heavy atom. The van der Waals surface area contributed by atoms with Crippen LogP contribution >= 0.6 is 0 Å². The number of nitrogens with zero attached hydrogens (tertiary/aromatic N) is 5. The van der Waals surface area contributed by atoms with Crippen LogP contribution in [-0.2, 0) is 17.9 Å². The lowest BCUT2D eigenvalue weighted by Gasteiger charge is -2.08. The number of hydrogen-bond donors (Lipinski definition) is 1. The van der Waals surface area contributed by atoms with Crippen LogP contribution in [0.4, 0.5) is 19.0 Å². The van der Waals surface area contributed by atoms with Crippen LogP contribution in [0.1, 0.15) is 47.7 Å². The number of halogens is 3. The van der Waals surface area contributed by atoms with E-state index in [2.05, 4.69) is 20.5 Å². The van der Waals surface area contributed by atoms with Gasteiger partial charge in [0.15, 0.2) is 11.5 Å². The van der Waals surface area contributed by atoms with E-state index in [0.29, 0.717) is 34.8 Å². The molecule has 1 fully saturated rings. The number of carbonyl (C=O) groups is 1. The molecule has 0 atom stereocenters. The van der Waals surface area contributed by atoms with Crippen molar-refractivity contribution in [2.24, 2.45) is 0 Å². The highest BCUT2D eigenvalue weighted by Gasteiger charge is 2.29. The number of aromatic nitrogens is 5. The molecule has 3 heterocycles. The van der Waals surface area contributed by atoms with E-state index in [4.69, 9.17) is 0 Å². The van der Waals surface area contributed by atoms with E-state index in [-0.39, 0.29) is 23.8 Å². The van der Waals surface area contributed by atoms with Gasteiger partial charge >= 0.3 is 0 Å². The smallest absolute Gasteiger partial charge is 0.264 e. The second-order valence-electron chi connectivity index (χ2n) is 8.23. The van der Waals surface area contributed by atoms with Gasteiger partial charge in [0.05, 0.1) is 17.6 Å². The van der Waals surface area contributed by atoms with E-state index in [1.54, 1.807) is 36.0 Å². The maximum Gasteiger partial charge on any atom is 0.264 e. The zero-order valence-corrected chi connectivity index (χ0v) is 17.8. The number of pyridine rings is 1. The summed E-state index contributed by atoms with van der Waals surface area (Å²) in [6, 6.07) is 9.19. The Labute approximate surface area is 187 Å². The first-order valence-corrected chi connectivity index (χ1v) is 10.6. The molecule has 1 N–H and O–H groups in total. The quantitative estimate of drug-likeness (QED) is 0.444. The van der Waals surface area contributed by atoms with Gasteiger partial charge in [-0.3, -0.25) is 9.48 Å². The van der Waals surface area contributed by atoms with Crippen molar-refractivity contribution in [2.45, 2.75) is 45.2 Å². The summed E-state index contributed by atoms with van der Waals surface area (Å²) in [5.74, 6) is -0.179. The Hall–Kier alpha value is -3.69. The standard InChI is InChI=1S/C23H21F3N6O/c1-13-21-17(22(25)26)10-18(15-4-5-15)27-23(21)32(29-13)12-20(33)28-19-8-9-31(30-19)11-14-2-6-16(24)7-3-14/h2-3,6-10,15,22H,4-5,11-12H2,1H3,(H,28,30,33). The fourth-order valence-electron chi connectivity index (χ4n) is 3.89. The summed E-state index contributed by atoms with van der Waals surface area (Å²) in [6.45, 7) is 1.88. The Kier molecular flexibility index (Phi) is 5.35. The normalized spacial score (nSPS) is 13.7. The summed E-state index contributed by atoms with van der Waals surface area (Å²) < 4.78 is 43.5. The first kappa shape index (κ1) is 21.2. The van der Waals surface area contributed by atoms with E-state index in [9.17, 15) is 18.0 Å². The SMILES string of the molecule is Cc1nn(CC(=O)Nc2ccn(Cc3ccc(F)cc3)n2)c2nc(C3CC3)cc(C(F)F)c12. The number of fused-ring (bicyclic) bond motifs is 1. The van der Waals surface area contributed by atoms with Crippen LogP contribution in [0.25, 0.3) is 11.0 Å². The third kappa shape index (κ3) is 4.46. The van der Waals surface area contributed by atoms with Gasteiger partial charge in [-0.1, -0.05) is 12.1 Å². The molecule has 0 radical (unpaired) electrons. The lowest BCUT2D eigenvalue weighted by Crippen LogP contribution is -2.20. The van der Waals surface area contributed by atoms with Crippen LogP contribution in [0, 0.1) is 12.7 Å². The molecule has 0 bridgehead atoms. The lowest BCUT2D eigenvalue weighted by molar-refractivity contribution is -0.116. The van der Waals surface area contributed by atoms with Crippen LogP contribution in [0.15, 0.2) is 42.6 Å². The van der Waals surface area contributed by atoms with Gasteiger partial charge in [0.2, 0.25) is 5.91 Å². The van der Waals surface area contributed by atoms with Crippen molar-refractivity contribution in [1.82, 2.24) is 24.5 Å². The minimum absolute atomic E-state index is 0.0920. The van der Waals surface area contributed by atoms with E-state index in [1.165, 1.54) is 22.9 Å². The number of nitrogens with one attached hydrogen (secondary N) is 1. The monoisotopic (exact) mass is 454 g/mol. The summed E-state index contributed by atoms with van der Waals surface area (Å²) in [4.78, 5) is 17.2. The molecule has 4 aromatic rings.